The van der Waals surface area contributed by atoms with Crippen molar-refractivity contribution in [1.82, 2.24) is 5.32 Å². The molecule has 1 N–H and O–H groups in total. The minimum Gasteiger partial charge on any atom is -0.442 e. The zero-order chi connectivity index (χ0) is 20.8. The van der Waals surface area contributed by atoms with Crippen molar-refractivity contribution in [2.24, 2.45) is 5.92 Å². The first-order valence-electron chi connectivity index (χ1n) is 11.0. The van der Waals surface area contributed by atoms with E-state index in [0.717, 1.165) is 51.4 Å². The first kappa shape index (κ1) is 19.6. The first-order chi connectivity index (χ1) is 14.5. The summed E-state index contributed by atoms with van der Waals surface area (Å²) in [6, 6.07) is 2.84. The van der Waals surface area contributed by atoms with Gasteiger partial charge in [-0.1, -0.05) is 6.42 Å². The number of halogens is 2. The van der Waals surface area contributed by atoms with Crippen molar-refractivity contribution in [3.05, 3.63) is 23.8 Å². The summed E-state index contributed by atoms with van der Waals surface area (Å²) in [5.41, 5.74) is 0.179. The minimum atomic E-state index is -0.650. The summed E-state index contributed by atoms with van der Waals surface area (Å²) in [5, 5.41) is 2.81. The summed E-state index contributed by atoms with van der Waals surface area (Å²) < 4.78 is 35.3. The lowest BCUT2D eigenvalue weighted by Crippen LogP contribution is -2.41. The Balaban J connectivity index is 1.28. The summed E-state index contributed by atoms with van der Waals surface area (Å²) in [6.45, 7) is 0.356. The number of nitrogens with one attached hydrogen (secondary N) is 1. The lowest BCUT2D eigenvalue weighted by molar-refractivity contribution is -0.127. The van der Waals surface area contributed by atoms with Crippen LogP contribution in [0.25, 0.3) is 0 Å². The molecule has 0 radical (unpaired) electrons. The molecule has 5 rings (SSSR count). The third kappa shape index (κ3) is 3.40. The van der Waals surface area contributed by atoms with E-state index in [9.17, 15) is 9.59 Å². The van der Waals surface area contributed by atoms with Crippen LogP contribution in [0.1, 0.15) is 51.4 Å². The van der Waals surface area contributed by atoms with Gasteiger partial charge in [0.2, 0.25) is 5.91 Å². The molecule has 4 aliphatic rings. The summed E-state index contributed by atoms with van der Waals surface area (Å²) in [4.78, 5) is 27.4. The summed E-state index contributed by atoms with van der Waals surface area (Å²) >= 11 is 0. The minimum absolute atomic E-state index is 0.0200. The smallest absolute Gasteiger partial charge is 0.414 e. The van der Waals surface area contributed by atoms with E-state index in [-0.39, 0.29) is 48.4 Å². The number of hydrogen-bond donors (Lipinski definition) is 1. The molecule has 4 fully saturated rings. The second-order valence-electron chi connectivity index (χ2n) is 8.97. The van der Waals surface area contributed by atoms with Gasteiger partial charge in [0.15, 0.2) is 11.6 Å². The Bertz CT molecular complexity index is 821. The van der Waals surface area contributed by atoms with E-state index < -0.39 is 23.8 Å². The number of ether oxygens (including phenoxy) is 1. The number of fused-ring (bicyclic) bond motifs is 2. The molecule has 162 valence electrons. The number of anilines is 2. The number of hydrogen-bond acceptors (Lipinski definition) is 4. The third-order valence-corrected chi connectivity index (χ3v) is 7.12. The third-order valence-electron chi connectivity index (χ3n) is 7.12. The van der Waals surface area contributed by atoms with E-state index in [1.165, 1.54) is 17.0 Å². The highest BCUT2D eigenvalue weighted by Gasteiger charge is 2.40. The molecular weight excluding hydrogens is 392 g/mol. The molecule has 1 aromatic carbocycles. The van der Waals surface area contributed by atoms with Gasteiger partial charge in [-0.25, -0.2) is 13.6 Å². The van der Waals surface area contributed by atoms with Gasteiger partial charge in [0, 0.05) is 30.1 Å². The molecule has 2 amide bonds. The average Bonchev–Trinajstić information content (AvgIpc) is 3.13. The standard InChI is InChI=1S/C22H27F2N3O3/c23-18-9-16(10-19(24)20(18)27-14-5-2-6-15(27)8-7-14)26-12-17(30-22(26)29)11-25-21(28)13-3-1-4-13/h9-10,13-15,17H,1-8,11-12H2,(H,25,28)/t14?,15?,17-/m0/s1. The lowest BCUT2D eigenvalue weighted by atomic mass is 9.85. The number of carbonyl (C=O) groups is 2. The maximum Gasteiger partial charge on any atom is 0.414 e. The van der Waals surface area contributed by atoms with Crippen molar-refractivity contribution in [3.8, 4) is 0 Å². The number of piperidine rings is 1. The van der Waals surface area contributed by atoms with Crippen LogP contribution < -0.4 is 15.1 Å². The quantitative estimate of drug-likeness (QED) is 0.790. The van der Waals surface area contributed by atoms with Crippen LogP contribution in [0.2, 0.25) is 0 Å². The van der Waals surface area contributed by atoms with Gasteiger partial charge >= 0.3 is 6.09 Å². The largest absolute Gasteiger partial charge is 0.442 e. The number of rotatable bonds is 5. The molecule has 2 bridgehead atoms. The van der Waals surface area contributed by atoms with Crippen molar-refractivity contribution in [1.29, 1.82) is 0 Å². The topological polar surface area (TPSA) is 61.9 Å². The van der Waals surface area contributed by atoms with E-state index in [4.69, 9.17) is 4.74 Å². The molecule has 3 aliphatic heterocycles. The molecule has 3 atom stereocenters. The van der Waals surface area contributed by atoms with Crippen LogP contribution in [0, 0.1) is 17.6 Å². The fourth-order valence-electron chi connectivity index (χ4n) is 5.30. The van der Waals surface area contributed by atoms with Crippen LogP contribution in [-0.2, 0) is 9.53 Å². The van der Waals surface area contributed by atoms with Gasteiger partial charge in [-0.05, 0) is 44.9 Å². The predicted molar refractivity (Wildman–Crippen MR) is 107 cm³/mol. The summed E-state index contributed by atoms with van der Waals surface area (Å²) in [6.07, 6.45) is 6.64. The first-order valence-corrected chi connectivity index (χ1v) is 11.0. The Hall–Kier alpha value is -2.38. The number of cyclic esters (lactones) is 1. The maximum absolute atomic E-state index is 15.0. The van der Waals surface area contributed by atoms with Crippen LogP contribution in [0.15, 0.2) is 12.1 Å². The van der Waals surface area contributed by atoms with E-state index >= 15 is 8.78 Å². The molecule has 1 aromatic rings. The van der Waals surface area contributed by atoms with E-state index in [1.54, 1.807) is 0 Å². The van der Waals surface area contributed by atoms with E-state index in [1.807, 2.05) is 4.90 Å². The van der Waals surface area contributed by atoms with Crippen LogP contribution in [0.4, 0.5) is 25.0 Å². The van der Waals surface area contributed by atoms with Gasteiger partial charge in [-0.15, -0.1) is 0 Å². The van der Waals surface area contributed by atoms with Gasteiger partial charge in [-0.3, -0.25) is 9.69 Å². The van der Waals surface area contributed by atoms with Crippen molar-refractivity contribution >= 4 is 23.4 Å². The molecular formula is C22H27F2N3O3. The van der Waals surface area contributed by atoms with E-state index in [0.29, 0.717) is 0 Å². The fraction of sp³-hybridized carbons (Fsp3) is 0.636. The van der Waals surface area contributed by atoms with Crippen LogP contribution >= 0.6 is 0 Å². The second-order valence-corrected chi connectivity index (χ2v) is 8.97. The zero-order valence-corrected chi connectivity index (χ0v) is 16.9. The monoisotopic (exact) mass is 419 g/mol. The van der Waals surface area contributed by atoms with Crippen molar-refractivity contribution in [2.75, 3.05) is 22.9 Å². The molecule has 2 unspecified atom stereocenters. The summed E-state index contributed by atoms with van der Waals surface area (Å²) in [5.74, 6) is -1.25. The Kier molecular flexibility index (Phi) is 5.03. The number of amides is 2. The van der Waals surface area contributed by atoms with Gasteiger partial charge in [0.05, 0.1) is 18.8 Å². The average molecular weight is 419 g/mol. The second kappa shape index (κ2) is 7.71. The highest BCUT2D eigenvalue weighted by Crippen LogP contribution is 2.42. The zero-order valence-electron chi connectivity index (χ0n) is 16.9. The lowest BCUT2D eigenvalue weighted by Gasteiger charge is -2.37. The van der Waals surface area contributed by atoms with Gasteiger partial charge < -0.3 is 15.0 Å². The molecule has 6 nitrogen and oxygen atoms in total. The summed E-state index contributed by atoms with van der Waals surface area (Å²) in [7, 11) is 0. The van der Waals surface area contributed by atoms with Crippen molar-refractivity contribution in [2.45, 2.75) is 69.6 Å². The Morgan fingerprint density at radius 2 is 1.67 bits per heavy atom. The van der Waals surface area contributed by atoms with Crippen LogP contribution in [0.5, 0.6) is 0 Å². The Morgan fingerprint density at radius 3 is 2.27 bits per heavy atom. The molecule has 1 aliphatic carbocycles. The molecule has 3 saturated heterocycles. The molecule has 0 spiro atoms. The molecule has 0 aromatic heterocycles. The number of carbonyl (C=O) groups excluding carboxylic acids is 2. The van der Waals surface area contributed by atoms with Gasteiger partial charge in [0.25, 0.3) is 0 Å². The molecule has 8 heteroatoms. The molecule has 1 saturated carbocycles. The van der Waals surface area contributed by atoms with Crippen molar-refractivity contribution < 1.29 is 23.1 Å². The van der Waals surface area contributed by atoms with Gasteiger partial charge in [0.1, 0.15) is 11.8 Å². The predicted octanol–water partition coefficient (Wildman–Crippen LogP) is 3.73. The van der Waals surface area contributed by atoms with Crippen LogP contribution in [-0.4, -0.2) is 43.3 Å². The fourth-order valence-corrected chi connectivity index (χ4v) is 5.30. The Morgan fingerprint density at radius 1 is 1.03 bits per heavy atom. The normalized spacial score (nSPS) is 28.5. The van der Waals surface area contributed by atoms with Gasteiger partial charge in [-0.2, -0.15) is 0 Å². The van der Waals surface area contributed by atoms with Crippen molar-refractivity contribution in [3.63, 3.8) is 0 Å². The SMILES string of the molecule is O=C(NC[C@H]1CN(c2cc(F)c(N3C4CCCC3CC4)c(F)c2)C(=O)O1)C1CCC1. The van der Waals surface area contributed by atoms with E-state index in [2.05, 4.69) is 5.32 Å². The molecule has 3 heterocycles. The number of benzene rings is 1. The maximum atomic E-state index is 15.0. The Labute approximate surface area is 174 Å². The highest BCUT2D eigenvalue weighted by atomic mass is 19.1. The number of nitrogens with zero attached hydrogens (tertiary/aromatic N) is 2. The van der Waals surface area contributed by atoms with Crippen LogP contribution in [0.3, 0.4) is 0 Å². The highest BCUT2D eigenvalue weighted by molar-refractivity contribution is 5.90. The molecule has 30 heavy (non-hydrogen) atoms.